The van der Waals surface area contributed by atoms with Crippen molar-refractivity contribution in [1.29, 1.82) is 0 Å². The lowest BCUT2D eigenvalue weighted by Gasteiger charge is -2.18. The van der Waals surface area contributed by atoms with Crippen LogP contribution >= 0.6 is 0 Å². The van der Waals surface area contributed by atoms with Crippen LogP contribution in [0.15, 0.2) is 60.9 Å². The number of hydrogen-bond acceptors (Lipinski definition) is 4. The van der Waals surface area contributed by atoms with Gasteiger partial charge in [-0.25, -0.2) is 19.2 Å². The van der Waals surface area contributed by atoms with Gasteiger partial charge in [-0.1, -0.05) is 63.1 Å². The summed E-state index contributed by atoms with van der Waals surface area (Å²) in [5, 5.41) is 0. The van der Waals surface area contributed by atoms with E-state index in [-0.39, 0.29) is 6.42 Å². The number of aromatic nitrogens is 2. The van der Waals surface area contributed by atoms with Gasteiger partial charge in [0, 0.05) is 23.5 Å². The number of carbonyl (C=O) groups is 1. The van der Waals surface area contributed by atoms with E-state index < -0.39 is 11.6 Å². The molecule has 1 atom stereocenters. The Morgan fingerprint density at radius 3 is 2.06 bits per heavy atom. The molecule has 0 spiro atoms. The molecule has 1 unspecified atom stereocenters. The highest BCUT2D eigenvalue weighted by atomic mass is 19.1. The Bertz CT molecular complexity index is 997. The lowest BCUT2D eigenvalue weighted by atomic mass is 10.0. The van der Waals surface area contributed by atoms with Gasteiger partial charge in [-0.3, -0.25) is 0 Å². The molecular formula is C27H31FN2O2. The Kier molecular flexibility index (Phi) is 8.09. The van der Waals surface area contributed by atoms with E-state index in [2.05, 4.69) is 41.2 Å². The summed E-state index contributed by atoms with van der Waals surface area (Å²) in [6.45, 7) is 5.43. The number of ether oxygens (including phenoxy) is 1. The number of hydrogen-bond donors (Lipinski definition) is 0. The van der Waals surface area contributed by atoms with E-state index in [1.54, 1.807) is 24.5 Å². The van der Waals surface area contributed by atoms with Crippen LogP contribution < -0.4 is 4.74 Å². The summed E-state index contributed by atoms with van der Waals surface area (Å²) in [6, 6.07) is 15.3. The third-order valence-corrected chi connectivity index (χ3v) is 5.51. The van der Waals surface area contributed by atoms with Crippen molar-refractivity contribution in [1.82, 2.24) is 9.97 Å². The van der Waals surface area contributed by atoms with Gasteiger partial charge in [0.2, 0.25) is 5.67 Å². The number of benzene rings is 2. The van der Waals surface area contributed by atoms with Crippen molar-refractivity contribution < 1.29 is 13.9 Å². The lowest BCUT2D eigenvalue weighted by Crippen LogP contribution is -2.34. The van der Waals surface area contributed by atoms with Crippen molar-refractivity contribution in [2.24, 2.45) is 0 Å². The molecule has 1 aromatic heterocycles. The Morgan fingerprint density at radius 1 is 0.875 bits per heavy atom. The van der Waals surface area contributed by atoms with Crippen molar-refractivity contribution in [2.75, 3.05) is 0 Å². The smallest absolute Gasteiger partial charge is 0.348 e. The molecule has 168 valence electrons. The highest BCUT2D eigenvalue weighted by Crippen LogP contribution is 2.26. The maximum atomic E-state index is 14.5. The van der Waals surface area contributed by atoms with Gasteiger partial charge >= 0.3 is 5.97 Å². The molecule has 32 heavy (non-hydrogen) atoms. The van der Waals surface area contributed by atoms with Crippen LogP contribution in [0, 0.1) is 0 Å². The average molecular weight is 435 g/mol. The summed E-state index contributed by atoms with van der Waals surface area (Å²) in [4.78, 5) is 21.1. The van der Waals surface area contributed by atoms with E-state index in [1.165, 1.54) is 25.3 Å². The largest absolute Gasteiger partial charge is 0.424 e. The molecule has 0 aliphatic rings. The number of unbranched alkanes of at least 4 members (excludes halogenated alkanes) is 2. The predicted octanol–water partition coefficient (Wildman–Crippen LogP) is 6.98. The van der Waals surface area contributed by atoms with Gasteiger partial charge < -0.3 is 4.74 Å². The van der Waals surface area contributed by atoms with Crippen LogP contribution in [0.1, 0.15) is 58.4 Å². The topological polar surface area (TPSA) is 52.1 Å². The van der Waals surface area contributed by atoms with Crippen LogP contribution in [0.25, 0.3) is 22.5 Å². The predicted molar refractivity (Wildman–Crippen MR) is 126 cm³/mol. The molecule has 0 fully saturated rings. The Labute approximate surface area is 189 Å². The molecular weight excluding hydrogens is 403 g/mol. The third-order valence-electron chi connectivity index (χ3n) is 5.51. The molecule has 4 nitrogen and oxygen atoms in total. The fourth-order valence-corrected chi connectivity index (χ4v) is 3.37. The number of carbonyl (C=O) groups excluding carboxylic acids is 1. The maximum absolute atomic E-state index is 14.5. The normalized spacial score (nSPS) is 12.9. The SMILES string of the molecule is CCCCc1ccc(-c2ncc(-c3ccc(OC(=O)C(C)(F)CCCC)cc3)cn2)cc1. The minimum absolute atomic E-state index is 0.158. The first-order chi connectivity index (χ1) is 15.4. The Hall–Kier alpha value is -3.08. The van der Waals surface area contributed by atoms with E-state index in [4.69, 9.17) is 4.74 Å². The summed E-state index contributed by atoms with van der Waals surface area (Å²) >= 11 is 0. The number of aryl methyl sites for hydroxylation is 1. The van der Waals surface area contributed by atoms with Gasteiger partial charge in [-0.2, -0.15) is 0 Å². The quantitative estimate of drug-likeness (QED) is 0.255. The van der Waals surface area contributed by atoms with Crippen LogP contribution in [0.4, 0.5) is 4.39 Å². The summed E-state index contributed by atoms with van der Waals surface area (Å²) < 4.78 is 19.7. The third kappa shape index (κ3) is 6.22. The van der Waals surface area contributed by atoms with Crippen LogP contribution in [-0.4, -0.2) is 21.6 Å². The lowest BCUT2D eigenvalue weighted by molar-refractivity contribution is -0.147. The first-order valence-electron chi connectivity index (χ1n) is 11.4. The zero-order valence-corrected chi connectivity index (χ0v) is 19.1. The molecule has 0 saturated heterocycles. The Balaban J connectivity index is 1.64. The second kappa shape index (κ2) is 11.0. The fraction of sp³-hybridized carbons (Fsp3) is 0.370. The molecule has 0 amide bonds. The first kappa shape index (κ1) is 23.6. The molecule has 0 aliphatic heterocycles. The van der Waals surface area contributed by atoms with Crippen LogP contribution in [-0.2, 0) is 11.2 Å². The van der Waals surface area contributed by atoms with Crippen molar-refractivity contribution in [3.63, 3.8) is 0 Å². The number of halogens is 1. The first-order valence-corrected chi connectivity index (χ1v) is 11.4. The van der Waals surface area contributed by atoms with Crippen molar-refractivity contribution in [3.8, 4) is 28.3 Å². The highest BCUT2D eigenvalue weighted by molar-refractivity contribution is 5.81. The van der Waals surface area contributed by atoms with E-state index in [9.17, 15) is 9.18 Å². The van der Waals surface area contributed by atoms with Crippen molar-refractivity contribution in [3.05, 3.63) is 66.5 Å². The van der Waals surface area contributed by atoms with Crippen molar-refractivity contribution in [2.45, 2.75) is 65.0 Å². The van der Waals surface area contributed by atoms with E-state index in [0.29, 0.717) is 18.0 Å². The monoisotopic (exact) mass is 434 g/mol. The molecule has 0 N–H and O–H groups in total. The summed E-state index contributed by atoms with van der Waals surface area (Å²) in [5.74, 6) is 0.141. The van der Waals surface area contributed by atoms with E-state index in [1.807, 2.05) is 19.1 Å². The molecule has 0 saturated carbocycles. The summed E-state index contributed by atoms with van der Waals surface area (Å²) in [5.41, 5.74) is 2.07. The van der Waals surface area contributed by atoms with Gasteiger partial charge in [0.25, 0.3) is 0 Å². The number of rotatable bonds is 10. The standard InChI is InChI=1S/C27H31FN2O2/c1-4-6-8-20-9-11-22(12-10-20)25-29-18-23(19-30-25)21-13-15-24(16-14-21)32-26(31)27(3,28)17-7-5-2/h9-16,18-19H,4-8,17H2,1-3H3. The molecule has 1 heterocycles. The molecule has 0 bridgehead atoms. The van der Waals surface area contributed by atoms with Gasteiger partial charge in [-0.15, -0.1) is 0 Å². The molecule has 2 aromatic carbocycles. The van der Waals surface area contributed by atoms with Crippen LogP contribution in [0.2, 0.25) is 0 Å². The summed E-state index contributed by atoms with van der Waals surface area (Å²) in [7, 11) is 0. The van der Waals surface area contributed by atoms with Crippen molar-refractivity contribution >= 4 is 5.97 Å². The zero-order chi connectivity index (χ0) is 23.0. The van der Waals surface area contributed by atoms with Crippen LogP contribution in [0.3, 0.4) is 0 Å². The van der Waals surface area contributed by atoms with E-state index >= 15 is 0 Å². The molecule has 0 aliphatic carbocycles. The molecule has 5 heteroatoms. The van der Waals surface area contributed by atoms with Gasteiger partial charge in [0.1, 0.15) is 5.75 Å². The highest BCUT2D eigenvalue weighted by Gasteiger charge is 2.34. The second-order valence-corrected chi connectivity index (χ2v) is 8.31. The maximum Gasteiger partial charge on any atom is 0.348 e. The molecule has 3 aromatic rings. The zero-order valence-electron chi connectivity index (χ0n) is 19.1. The van der Waals surface area contributed by atoms with E-state index in [0.717, 1.165) is 29.5 Å². The molecule has 0 radical (unpaired) electrons. The van der Waals surface area contributed by atoms with Gasteiger partial charge in [-0.05, 0) is 55.9 Å². The van der Waals surface area contributed by atoms with Crippen LogP contribution in [0.5, 0.6) is 5.75 Å². The summed E-state index contributed by atoms with van der Waals surface area (Å²) in [6.07, 6.45) is 8.64. The number of esters is 1. The molecule has 3 rings (SSSR count). The second-order valence-electron chi connectivity index (χ2n) is 8.31. The average Bonchev–Trinajstić information content (AvgIpc) is 2.82. The number of nitrogens with zero attached hydrogens (tertiary/aromatic N) is 2. The van der Waals surface area contributed by atoms with Gasteiger partial charge in [0.15, 0.2) is 5.82 Å². The minimum atomic E-state index is -1.98. The van der Waals surface area contributed by atoms with Gasteiger partial charge in [0.05, 0.1) is 0 Å². The minimum Gasteiger partial charge on any atom is -0.424 e. The number of alkyl halides is 1. The fourth-order valence-electron chi connectivity index (χ4n) is 3.37. The Morgan fingerprint density at radius 2 is 1.47 bits per heavy atom.